The number of hydrogen-bond donors (Lipinski definition) is 2. The van der Waals surface area contributed by atoms with Crippen molar-refractivity contribution in [3.05, 3.63) is 53.6 Å². The van der Waals surface area contributed by atoms with E-state index in [1.54, 1.807) is 24.5 Å². The van der Waals surface area contributed by atoms with Gasteiger partial charge in [-0.05, 0) is 17.2 Å². The number of nitrogens with one attached hydrogen (secondary N) is 1. The fraction of sp³-hybridized carbons (Fsp3) is 0.231. The van der Waals surface area contributed by atoms with E-state index in [1.807, 2.05) is 6.07 Å². The fourth-order valence-electron chi connectivity index (χ4n) is 1.58. The molecule has 2 aromatic rings. The number of nitrogens with two attached hydrogens (primary N) is 1. The Hall–Kier alpha value is -2.01. The zero-order valence-electron chi connectivity index (χ0n) is 9.94. The maximum Gasteiger partial charge on any atom is 0.222 e. The van der Waals surface area contributed by atoms with Crippen LogP contribution in [0.2, 0.25) is 0 Å². The fourth-order valence-corrected chi connectivity index (χ4v) is 1.58. The van der Waals surface area contributed by atoms with Gasteiger partial charge in [0.15, 0.2) is 0 Å². The van der Waals surface area contributed by atoms with E-state index in [0.29, 0.717) is 31.0 Å². The Morgan fingerprint density at radius 1 is 1.17 bits per heavy atom. The summed E-state index contributed by atoms with van der Waals surface area (Å²) in [4.78, 5) is 8.28. The third-order valence-corrected chi connectivity index (χ3v) is 2.49. The predicted molar refractivity (Wildman–Crippen MR) is 68.8 cm³/mol. The summed E-state index contributed by atoms with van der Waals surface area (Å²) in [6, 6.07) is 6.70. The highest BCUT2D eigenvalue weighted by molar-refractivity contribution is 5.28. The van der Waals surface area contributed by atoms with Crippen molar-refractivity contribution in [1.82, 2.24) is 9.97 Å². The van der Waals surface area contributed by atoms with E-state index in [1.165, 1.54) is 6.07 Å². The van der Waals surface area contributed by atoms with Gasteiger partial charge in [0, 0.05) is 31.9 Å². The summed E-state index contributed by atoms with van der Waals surface area (Å²) in [7, 11) is 0. The van der Waals surface area contributed by atoms with Crippen LogP contribution in [-0.2, 0) is 6.42 Å². The Kier molecular flexibility index (Phi) is 4.20. The SMILES string of the molecule is NCCNc1ncc(Cc2ccccc2F)cn1. The maximum absolute atomic E-state index is 13.5. The van der Waals surface area contributed by atoms with Crippen molar-refractivity contribution in [2.75, 3.05) is 18.4 Å². The molecule has 0 saturated heterocycles. The van der Waals surface area contributed by atoms with Crippen molar-refractivity contribution < 1.29 is 4.39 Å². The lowest BCUT2D eigenvalue weighted by Crippen LogP contribution is -2.14. The van der Waals surface area contributed by atoms with Crippen LogP contribution in [0.1, 0.15) is 11.1 Å². The minimum Gasteiger partial charge on any atom is -0.353 e. The molecule has 0 fully saturated rings. The molecule has 0 radical (unpaired) electrons. The molecule has 0 unspecified atom stereocenters. The normalized spacial score (nSPS) is 10.3. The molecular formula is C13H15FN4. The number of hydrogen-bond acceptors (Lipinski definition) is 4. The number of anilines is 1. The number of benzene rings is 1. The van der Waals surface area contributed by atoms with E-state index in [-0.39, 0.29) is 5.82 Å². The first-order valence-electron chi connectivity index (χ1n) is 5.78. The molecule has 1 aromatic carbocycles. The van der Waals surface area contributed by atoms with E-state index >= 15 is 0 Å². The molecule has 0 aliphatic rings. The van der Waals surface area contributed by atoms with Gasteiger partial charge in [0.05, 0.1) is 0 Å². The summed E-state index contributed by atoms with van der Waals surface area (Å²) >= 11 is 0. The summed E-state index contributed by atoms with van der Waals surface area (Å²) in [6.07, 6.45) is 3.88. The van der Waals surface area contributed by atoms with E-state index in [4.69, 9.17) is 5.73 Å². The second kappa shape index (κ2) is 6.07. The van der Waals surface area contributed by atoms with Gasteiger partial charge >= 0.3 is 0 Å². The largest absolute Gasteiger partial charge is 0.353 e. The first-order valence-corrected chi connectivity index (χ1v) is 5.78. The van der Waals surface area contributed by atoms with E-state index < -0.39 is 0 Å². The van der Waals surface area contributed by atoms with Crippen molar-refractivity contribution >= 4 is 5.95 Å². The van der Waals surface area contributed by atoms with Gasteiger partial charge < -0.3 is 11.1 Å². The lowest BCUT2D eigenvalue weighted by molar-refractivity contribution is 0.614. The summed E-state index contributed by atoms with van der Waals surface area (Å²) in [5.41, 5.74) is 6.88. The molecule has 0 atom stereocenters. The minimum atomic E-state index is -0.206. The monoisotopic (exact) mass is 246 g/mol. The zero-order valence-corrected chi connectivity index (χ0v) is 9.94. The van der Waals surface area contributed by atoms with Crippen molar-refractivity contribution in [2.45, 2.75) is 6.42 Å². The molecule has 3 N–H and O–H groups in total. The predicted octanol–water partition coefficient (Wildman–Crippen LogP) is 1.58. The van der Waals surface area contributed by atoms with Crippen LogP contribution in [0.4, 0.5) is 10.3 Å². The highest BCUT2D eigenvalue weighted by Crippen LogP contribution is 2.12. The standard InChI is InChI=1S/C13H15FN4/c14-12-4-2-1-3-11(12)7-10-8-17-13(18-9-10)16-6-5-15/h1-4,8-9H,5-7,15H2,(H,16,17,18). The molecule has 0 spiro atoms. The number of nitrogens with zero attached hydrogens (tertiary/aromatic N) is 2. The summed E-state index contributed by atoms with van der Waals surface area (Å²) in [5, 5.41) is 2.98. The molecule has 18 heavy (non-hydrogen) atoms. The average molecular weight is 246 g/mol. The topological polar surface area (TPSA) is 63.8 Å². The van der Waals surface area contributed by atoms with Crippen molar-refractivity contribution in [3.8, 4) is 0 Å². The van der Waals surface area contributed by atoms with Crippen molar-refractivity contribution in [2.24, 2.45) is 5.73 Å². The van der Waals surface area contributed by atoms with Gasteiger partial charge in [-0.2, -0.15) is 0 Å². The van der Waals surface area contributed by atoms with Gasteiger partial charge in [0.25, 0.3) is 0 Å². The van der Waals surface area contributed by atoms with E-state index in [2.05, 4.69) is 15.3 Å². The minimum absolute atomic E-state index is 0.206. The smallest absolute Gasteiger partial charge is 0.222 e. The first-order chi connectivity index (χ1) is 8.79. The van der Waals surface area contributed by atoms with E-state index in [0.717, 1.165) is 5.56 Å². The third-order valence-electron chi connectivity index (χ3n) is 2.49. The first kappa shape index (κ1) is 12.4. The number of halogens is 1. The van der Waals surface area contributed by atoms with E-state index in [9.17, 15) is 4.39 Å². The van der Waals surface area contributed by atoms with Gasteiger partial charge in [-0.3, -0.25) is 0 Å². The molecule has 0 aliphatic carbocycles. The Labute approximate surface area is 105 Å². The average Bonchev–Trinajstić information content (AvgIpc) is 2.41. The van der Waals surface area contributed by atoms with Crippen LogP contribution in [0.25, 0.3) is 0 Å². The van der Waals surface area contributed by atoms with Crippen LogP contribution in [0, 0.1) is 5.82 Å². The third kappa shape index (κ3) is 3.24. The number of aromatic nitrogens is 2. The molecule has 4 nitrogen and oxygen atoms in total. The van der Waals surface area contributed by atoms with Gasteiger partial charge in [-0.25, -0.2) is 14.4 Å². The van der Waals surface area contributed by atoms with Gasteiger partial charge in [-0.1, -0.05) is 18.2 Å². The molecule has 94 valence electrons. The van der Waals surface area contributed by atoms with Gasteiger partial charge in [0.1, 0.15) is 5.82 Å². The van der Waals surface area contributed by atoms with Gasteiger partial charge in [0.2, 0.25) is 5.95 Å². The van der Waals surface area contributed by atoms with Crippen LogP contribution in [0.15, 0.2) is 36.7 Å². The molecule has 1 aromatic heterocycles. The van der Waals surface area contributed by atoms with Crippen molar-refractivity contribution in [3.63, 3.8) is 0 Å². The highest BCUT2D eigenvalue weighted by atomic mass is 19.1. The molecule has 1 heterocycles. The second-order valence-corrected chi connectivity index (χ2v) is 3.90. The maximum atomic E-state index is 13.5. The highest BCUT2D eigenvalue weighted by Gasteiger charge is 2.03. The molecule has 0 amide bonds. The Bertz CT molecular complexity index is 499. The van der Waals surface area contributed by atoms with Crippen LogP contribution >= 0.6 is 0 Å². The van der Waals surface area contributed by atoms with Crippen LogP contribution < -0.4 is 11.1 Å². The molecular weight excluding hydrogens is 231 g/mol. The molecule has 2 rings (SSSR count). The molecule has 0 aliphatic heterocycles. The van der Waals surface area contributed by atoms with Crippen LogP contribution in [0.3, 0.4) is 0 Å². The summed E-state index contributed by atoms with van der Waals surface area (Å²) in [5.74, 6) is 0.334. The molecule has 5 heteroatoms. The van der Waals surface area contributed by atoms with Crippen molar-refractivity contribution in [1.29, 1.82) is 0 Å². The Balaban J connectivity index is 2.04. The summed E-state index contributed by atoms with van der Waals surface area (Å²) < 4.78 is 13.5. The lowest BCUT2D eigenvalue weighted by Gasteiger charge is -2.05. The molecule has 0 bridgehead atoms. The van der Waals surface area contributed by atoms with Crippen LogP contribution in [0.5, 0.6) is 0 Å². The quantitative estimate of drug-likeness (QED) is 0.840. The molecule has 0 saturated carbocycles. The second-order valence-electron chi connectivity index (χ2n) is 3.90. The zero-order chi connectivity index (χ0) is 12.8. The van der Waals surface area contributed by atoms with Crippen LogP contribution in [-0.4, -0.2) is 23.1 Å². The Morgan fingerprint density at radius 2 is 1.89 bits per heavy atom. The Morgan fingerprint density at radius 3 is 2.56 bits per heavy atom. The summed E-state index contributed by atoms with van der Waals surface area (Å²) in [6.45, 7) is 1.16. The number of rotatable bonds is 5. The van der Waals surface area contributed by atoms with Gasteiger partial charge in [-0.15, -0.1) is 0 Å². The lowest BCUT2D eigenvalue weighted by atomic mass is 10.1.